The highest BCUT2D eigenvalue weighted by Gasteiger charge is 2.43. The van der Waals surface area contributed by atoms with Crippen LogP contribution < -0.4 is 10.6 Å². The number of hydrogen-bond acceptors (Lipinski definition) is 5. The summed E-state index contributed by atoms with van der Waals surface area (Å²) in [5, 5.41) is 17.0. The highest BCUT2D eigenvalue weighted by atomic mass is 32.2. The van der Waals surface area contributed by atoms with Crippen LogP contribution in [0, 0.1) is 6.92 Å². The zero-order valence-corrected chi connectivity index (χ0v) is 23.1. The van der Waals surface area contributed by atoms with Gasteiger partial charge in [0.2, 0.25) is 11.8 Å². The Morgan fingerprint density at radius 3 is 2.23 bits per heavy atom. The summed E-state index contributed by atoms with van der Waals surface area (Å²) in [7, 11) is 0. The van der Waals surface area contributed by atoms with E-state index in [1.54, 1.807) is 0 Å². The Kier molecular flexibility index (Phi) is 9.79. The van der Waals surface area contributed by atoms with Crippen LogP contribution in [-0.2, 0) is 33.8 Å². The molecular weight excluding hydrogens is 510 g/mol. The van der Waals surface area contributed by atoms with E-state index < -0.39 is 24.1 Å². The summed E-state index contributed by atoms with van der Waals surface area (Å²) in [6, 6.07) is 25.0. The lowest BCUT2D eigenvalue weighted by molar-refractivity contribution is -0.147. The van der Waals surface area contributed by atoms with Gasteiger partial charge >= 0.3 is 0 Å². The molecule has 204 valence electrons. The van der Waals surface area contributed by atoms with Gasteiger partial charge in [0.15, 0.2) is 6.10 Å². The average Bonchev–Trinajstić information content (AvgIpc) is 3.33. The van der Waals surface area contributed by atoms with Crippen molar-refractivity contribution in [2.45, 2.75) is 56.7 Å². The first-order valence-corrected chi connectivity index (χ1v) is 14.2. The van der Waals surface area contributed by atoms with Crippen LogP contribution in [-0.4, -0.2) is 57.0 Å². The first-order valence-electron chi connectivity index (χ1n) is 13.1. The third kappa shape index (κ3) is 7.49. The van der Waals surface area contributed by atoms with Crippen LogP contribution >= 0.6 is 11.8 Å². The Labute approximate surface area is 234 Å². The fraction of sp³-hybridized carbons (Fsp3) is 0.323. The maximum Gasteiger partial charge on any atom is 0.254 e. The Hall–Kier alpha value is -3.62. The molecule has 0 radical (unpaired) electrons. The number of carbonyl (C=O) groups is 3. The zero-order chi connectivity index (χ0) is 27.8. The van der Waals surface area contributed by atoms with Crippen LogP contribution in [0.3, 0.4) is 0 Å². The lowest BCUT2D eigenvalue weighted by atomic mass is 9.99. The van der Waals surface area contributed by atoms with Crippen LogP contribution in [0.15, 0.2) is 84.9 Å². The lowest BCUT2D eigenvalue weighted by Gasteiger charge is -2.30. The first-order chi connectivity index (χ1) is 18.8. The molecule has 4 atom stereocenters. The number of aryl methyl sites for hydroxylation is 1. The van der Waals surface area contributed by atoms with Gasteiger partial charge in [0.1, 0.15) is 6.04 Å². The van der Waals surface area contributed by atoms with E-state index in [1.807, 2.05) is 98.8 Å². The normalized spacial score (nSPS) is 18.3. The number of hydrogen-bond donors (Lipinski definition) is 3. The van der Waals surface area contributed by atoms with Crippen molar-refractivity contribution < 1.29 is 19.5 Å². The van der Waals surface area contributed by atoms with Crippen molar-refractivity contribution in [1.29, 1.82) is 0 Å². The van der Waals surface area contributed by atoms with E-state index in [1.165, 1.54) is 16.7 Å². The van der Waals surface area contributed by atoms with Crippen molar-refractivity contribution in [2.75, 3.05) is 5.88 Å². The van der Waals surface area contributed by atoms with Crippen molar-refractivity contribution in [3.8, 4) is 0 Å². The molecule has 0 aromatic heterocycles. The van der Waals surface area contributed by atoms with Crippen molar-refractivity contribution in [3.05, 3.63) is 107 Å². The van der Waals surface area contributed by atoms with Gasteiger partial charge in [0, 0.05) is 11.8 Å². The topological polar surface area (TPSA) is 98.7 Å². The number of benzene rings is 3. The van der Waals surface area contributed by atoms with E-state index >= 15 is 0 Å². The quantitative estimate of drug-likeness (QED) is 0.363. The molecule has 1 unspecified atom stereocenters. The molecule has 7 nitrogen and oxygen atoms in total. The van der Waals surface area contributed by atoms with Crippen molar-refractivity contribution in [3.63, 3.8) is 0 Å². The van der Waals surface area contributed by atoms with Crippen LogP contribution in [0.1, 0.15) is 29.2 Å². The Bertz CT molecular complexity index is 1270. The molecule has 1 fully saturated rings. The molecule has 3 aromatic rings. The second-order valence-corrected chi connectivity index (χ2v) is 11.2. The molecule has 0 bridgehead atoms. The predicted molar refractivity (Wildman–Crippen MR) is 154 cm³/mol. The molecule has 1 aliphatic heterocycles. The number of amides is 3. The van der Waals surface area contributed by atoms with Gasteiger partial charge in [0.25, 0.3) is 5.91 Å². The van der Waals surface area contributed by atoms with Gasteiger partial charge in [-0.1, -0.05) is 91.9 Å². The third-order valence-corrected chi connectivity index (χ3v) is 8.22. The molecule has 1 heterocycles. The van der Waals surface area contributed by atoms with E-state index in [9.17, 15) is 19.5 Å². The summed E-state index contributed by atoms with van der Waals surface area (Å²) in [6.45, 7) is 4.25. The van der Waals surface area contributed by atoms with E-state index in [0.717, 1.165) is 22.3 Å². The molecule has 3 N–H and O–H groups in total. The summed E-state index contributed by atoms with van der Waals surface area (Å²) in [6.07, 6.45) is -1.11. The Balaban J connectivity index is 1.47. The van der Waals surface area contributed by atoms with Gasteiger partial charge in [-0.15, -0.1) is 11.8 Å². The molecule has 3 aromatic carbocycles. The monoisotopic (exact) mass is 545 g/mol. The third-order valence-electron chi connectivity index (χ3n) is 7.01. The molecule has 39 heavy (non-hydrogen) atoms. The van der Waals surface area contributed by atoms with E-state index in [4.69, 9.17) is 0 Å². The van der Waals surface area contributed by atoms with Crippen LogP contribution in [0.4, 0.5) is 0 Å². The molecule has 8 heteroatoms. The average molecular weight is 546 g/mol. The zero-order valence-electron chi connectivity index (χ0n) is 22.2. The van der Waals surface area contributed by atoms with Gasteiger partial charge in [-0.2, -0.15) is 0 Å². The van der Waals surface area contributed by atoms with E-state index in [-0.39, 0.29) is 35.8 Å². The smallest absolute Gasteiger partial charge is 0.254 e. The number of nitrogens with one attached hydrogen (secondary N) is 2. The molecule has 1 aliphatic rings. The number of aliphatic hydroxyl groups excluding tert-OH is 1. The van der Waals surface area contributed by atoms with Gasteiger partial charge < -0.3 is 20.6 Å². The lowest BCUT2D eigenvalue weighted by Crippen LogP contribution is -2.57. The fourth-order valence-corrected chi connectivity index (χ4v) is 5.90. The van der Waals surface area contributed by atoms with E-state index in [2.05, 4.69) is 10.6 Å². The molecule has 3 amide bonds. The minimum absolute atomic E-state index is 0.133. The first kappa shape index (κ1) is 28.4. The standard InChI is InChI=1S/C31H35N3O4S/c1-21-11-9-10-16-25(21)19-32-30(37)28-22(2)39-20-34(28)31(38)29(36)26(17-23-12-5-3-6-13-23)33-27(35)18-24-14-7-4-8-15-24/h3-16,22,26,28-29,36H,17-20H2,1-2H3,(H,32,37)(H,33,35)/t22?,26-,28-,29-/m0/s1. The molecule has 0 spiro atoms. The summed E-state index contributed by atoms with van der Waals surface area (Å²) in [4.78, 5) is 41.2. The summed E-state index contributed by atoms with van der Waals surface area (Å²) in [5.41, 5.74) is 3.80. The number of thioether (sulfide) groups is 1. The minimum Gasteiger partial charge on any atom is -0.381 e. The van der Waals surface area contributed by atoms with E-state index in [0.29, 0.717) is 6.54 Å². The maximum absolute atomic E-state index is 13.6. The molecule has 4 rings (SSSR count). The fourth-order valence-electron chi connectivity index (χ4n) is 4.76. The summed E-state index contributed by atoms with van der Waals surface area (Å²) < 4.78 is 0. The largest absolute Gasteiger partial charge is 0.381 e. The highest BCUT2D eigenvalue weighted by Crippen LogP contribution is 2.30. The van der Waals surface area contributed by atoms with Crippen LogP contribution in [0.25, 0.3) is 0 Å². The van der Waals surface area contributed by atoms with Crippen molar-refractivity contribution in [2.24, 2.45) is 0 Å². The summed E-state index contributed by atoms with van der Waals surface area (Å²) in [5.74, 6) is -0.825. The van der Waals surface area contributed by atoms with Crippen molar-refractivity contribution >= 4 is 29.5 Å². The summed E-state index contributed by atoms with van der Waals surface area (Å²) >= 11 is 1.49. The highest BCUT2D eigenvalue weighted by molar-refractivity contribution is 8.00. The minimum atomic E-state index is -1.51. The van der Waals surface area contributed by atoms with Gasteiger partial charge in [-0.25, -0.2) is 0 Å². The number of rotatable bonds is 10. The van der Waals surface area contributed by atoms with Crippen LogP contribution in [0.2, 0.25) is 0 Å². The molecule has 0 aliphatic carbocycles. The van der Waals surface area contributed by atoms with Gasteiger partial charge in [-0.05, 0) is 35.6 Å². The number of aliphatic hydroxyl groups is 1. The Morgan fingerprint density at radius 2 is 1.56 bits per heavy atom. The molecule has 0 saturated carbocycles. The number of carbonyl (C=O) groups excluding carboxylic acids is 3. The van der Waals surface area contributed by atoms with Gasteiger partial charge in [0.05, 0.1) is 18.3 Å². The predicted octanol–water partition coefficient (Wildman–Crippen LogP) is 3.23. The second-order valence-electron chi connectivity index (χ2n) is 9.87. The van der Waals surface area contributed by atoms with Gasteiger partial charge in [-0.3, -0.25) is 14.4 Å². The molecular formula is C31H35N3O4S. The Morgan fingerprint density at radius 1 is 0.949 bits per heavy atom. The van der Waals surface area contributed by atoms with Crippen LogP contribution in [0.5, 0.6) is 0 Å². The number of nitrogens with zero attached hydrogens (tertiary/aromatic N) is 1. The van der Waals surface area contributed by atoms with Crippen molar-refractivity contribution in [1.82, 2.24) is 15.5 Å². The SMILES string of the molecule is Cc1ccccc1CNC(=O)[C@@H]1C(C)SCN1C(=O)[C@@H](O)[C@H](Cc1ccccc1)NC(=O)Cc1ccccc1. The maximum atomic E-state index is 13.6. The second kappa shape index (κ2) is 13.4. The molecule has 1 saturated heterocycles.